The van der Waals surface area contributed by atoms with E-state index in [1.165, 1.54) is 12.8 Å². The minimum Gasteiger partial charge on any atom is -0.293 e. The molecule has 0 spiro atoms. The number of aliphatic imine (C=N–C) groups is 1. The van der Waals surface area contributed by atoms with Gasteiger partial charge in [0, 0.05) is 23.7 Å². The van der Waals surface area contributed by atoms with Crippen LogP contribution < -0.4 is 5.32 Å². The first-order chi connectivity index (χ1) is 10.4. The second-order valence-electron chi connectivity index (χ2n) is 6.73. The molecule has 1 aliphatic rings. The van der Waals surface area contributed by atoms with E-state index in [1.54, 1.807) is 6.92 Å². The molecule has 1 N–H and O–H groups in total. The van der Waals surface area contributed by atoms with Gasteiger partial charge in [-0.2, -0.15) is 0 Å². The maximum atomic E-state index is 13.5. The fourth-order valence-corrected chi connectivity index (χ4v) is 2.99. The Labute approximate surface area is 135 Å². The first kappa shape index (κ1) is 18.9. The van der Waals surface area contributed by atoms with E-state index in [9.17, 15) is 4.39 Å². The standard InChI is InChI=1S/C19H31FN2/c1-7-9-16-11-18(12-20)19(6,22-15(16)5)21-13-17(10-8-2)14(3)4/h11,14,17-18,21H,8,10,12-13H2,1-6H3. The zero-order chi connectivity index (χ0) is 16.8. The molecule has 1 rings (SSSR count). The highest BCUT2D eigenvalue weighted by molar-refractivity contribution is 6.03. The number of nitrogens with one attached hydrogen (secondary N) is 1. The summed E-state index contributed by atoms with van der Waals surface area (Å²) < 4.78 is 13.5. The van der Waals surface area contributed by atoms with Crippen LogP contribution in [0.2, 0.25) is 0 Å². The fourth-order valence-electron chi connectivity index (χ4n) is 2.99. The highest BCUT2D eigenvalue weighted by Gasteiger charge is 2.36. The molecule has 0 aromatic rings. The van der Waals surface area contributed by atoms with Gasteiger partial charge in [-0.1, -0.05) is 39.2 Å². The largest absolute Gasteiger partial charge is 0.293 e. The van der Waals surface area contributed by atoms with Crippen LogP contribution in [0.15, 0.2) is 16.6 Å². The van der Waals surface area contributed by atoms with Gasteiger partial charge in [-0.3, -0.25) is 14.7 Å². The average Bonchev–Trinajstić information content (AvgIpc) is 2.46. The second kappa shape index (κ2) is 8.48. The molecule has 0 amide bonds. The molecule has 0 aromatic carbocycles. The van der Waals surface area contributed by atoms with Crippen LogP contribution in [-0.4, -0.2) is 24.6 Å². The summed E-state index contributed by atoms with van der Waals surface area (Å²) in [6, 6.07) is 0. The van der Waals surface area contributed by atoms with E-state index >= 15 is 0 Å². The lowest BCUT2D eigenvalue weighted by Gasteiger charge is -2.37. The van der Waals surface area contributed by atoms with Crippen molar-refractivity contribution in [3.8, 4) is 11.8 Å². The number of hydrogen-bond acceptors (Lipinski definition) is 2. The van der Waals surface area contributed by atoms with Crippen LogP contribution in [0, 0.1) is 29.6 Å². The first-order valence-corrected chi connectivity index (χ1v) is 8.40. The second-order valence-corrected chi connectivity index (χ2v) is 6.73. The third-order valence-corrected chi connectivity index (χ3v) is 4.63. The molecule has 0 radical (unpaired) electrons. The zero-order valence-corrected chi connectivity index (χ0v) is 15.0. The van der Waals surface area contributed by atoms with Crippen LogP contribution in [-0.2, 0) is 0 Å². The SMILES string of the molecule is CC#CC1=CC(CF)C(C)(NCC(CCC)C(C)C)N=C1C. The Balaban J connectivity index is 2.89. The van der Waals surface area contributed by atoms with Gasteiger partial charge in [-0.15, -0.1) is 5.92 Å². The molecule has 1 aliphatic heterocycles. The van der Waals surface area contributed by atoms with Crippen molar-refractivity contribution in [3.63, 3.8) is 0 Å². The molecule has 0 bridgehead atoms. The topological polar surface area (TPSA) is 24.4 Å². The predicted molar refractivity (Wildman–Crippen MR) is 93.8 cm³/mol. The molecule has 3 heteroatoms. The fraction of sp³-hybridized carbons (Fsp3) is 0.737. The first-order valence-electron chi connectivity index (χ1n) is 8.40. The number of alkyl halides is 1. The molecule has 0 aromatic heterocycles. The molecule has 0 aliphatic carbocycles. The van der Waals surface area contributed by atoms with Crippen LogP contribution in [0.25, 0.3) is 0 Å². The van der Waals surface area contributed by atoms with Gasteiger partial charge in [0.05, 0.1) is 6.67 Å². The lowest BCUT2D eigenvalue weighted by atomic mass is 9.86. The number of allylic oxidation sites excluding steroid dienone is 1. The van der Waals surface area contributed by atoms with Gasteiger partial charge in [0.1, 0.15) is 5.66 Å². The molecule has 0 saturated carbocycles. The summed E-state index contributed by atoms with van der Waals surface area (Å²) in [6.45, 7) is 12.9. The number of halogens is 1. The van der Waals surface area contributed by atoms with E-state index in [4.69, 9.17) is 4.99 Å². The Morgan fingerprint density at radius 1 is 1.45 bits per heavy atom. The molecular formula is C19H31FN2. The minimum absolute atomic E-state index is 0.263. The Morgan fingerprint density at radius 3 is 2.64 bits per heavy atom. The van der Waals surface area contributed by atoms with Crippen LogP contribution in [0.5, 0.6) is 0 Å². The van der Waals surface area contributed by atoms with Crippen molar-refractivity contribution in [3.05, 3.63) is 11.6 Å². The Hall–Kier alpha value is -1.14. The van der Waals surface area contributed by atoms with Crippen molar-refractivity contribution < 1.29 is 4.39 Å². The molecule has 3 atom stereocenters. The summed E-state index contributed by atoms with van der Waals surface area (Å²) in [5.74, 6) is 6.85. The highest BCUT2D eigenvalue weighted by Crippen LogP contribution is 2.29. The molecule has 0 saturated heterocycles. The third kappa shape index (κ3) is 4.68. The van der Waals surface area contributed by atoms with Crippen LogP contribution in [0.3, 0.4) is 0 Å². The van der Waals surface area contributed by atoms with E-state index < -0.39 is 12.3 Å². The highest BCUT2D eigenvalue weighted by atomic mass is 19.1. The van der Waals surface area contributed by atoms with Gasteiger partial charge in [0.2, 0.25) is 0 Å². The van der Waals surface area contributed by atoms with E-state index in [-0.39, 0.29) is 5.92 Å². The molecule has 124 valence electrons. The summed E-state index contributed by atoms with van der Waals surface area (Å²) in [4.78, 5) is 4.75. The van der Waals surface area contributed by atoms with Crippen LogP contribution in [0.1, 0.15) is 54.4 Å². The molecule has 0 fully saturated rings. The Morgan fingerprint density at radius 2 is 2.14 bits per heavy atom. The smallest absolute Gasteiger partial charge is 0.117 e. The summed E-state index contributed by atoms with van der Waals surface area (Å²) in [7, 11) is 0. The van der Waals surface area contributed by atoms with Gasteiger partial charge in [0.15, 0.2) is 0 Å². The summed E-state index contributed by atoms with van der Waals surface area (Å²) in [5, 5.41) is 3.54. The van der Waals surface area contributed by atoms with E-state index in [0.29, 0.717) is 11.8 Å². The lowest BCUT2D eigenvalue weighted by Crippen LogP contribution is -2.51. The number of nitrogens with zero attached hydrogens (tertiary/aromatic N) is 1. The van der Waals surface area contributed by atoms with Gasteiger partial charge in [-0.25, -0.2) is 0 Å². The van der Waals surface area contributed by atoms with Crippen molar-refractivity contribution in [1.82, 2.24) is 5.32 Å². The molecule has 3 unspecified atom stereocenters. The maximum absolute atomic E-state index is 13.5. The van der Waals surface area contributed by atoms with Crippen molar-refractivity contribution in [1.29, 1.82) is 0 Å². The van der Waals surface area contributed by atoms with Crippen molar-refractivity contribution in [2.24, 2.45) is 22.7 Å². The lowest BCUT2D eigenvalue weighted by molar-refractivity contribution is 0.207. The summed E-state index contributed by atoms with van der Waals surface area (Å²) in [5.41, 5.74) is 1.18. The predicted octanol–water partition coefficient (Wildman–Crippen LogP) is 4.37. The Bertz CT molecular complexity index is 481. The average molecular weight is 306 g/mol. The normalized spacial score (nSPS) is 26.1. The molecular weight excluding hydrogens is 275 g/mol. The third-order valence-electron chi connectivity index (χ3n) is 4.63. The van der Waals surface area contributed by atoms with Crippen molar-refractivity contribution >= 4 is 5.71 Å². The van der Waals surface area contributed by atoms with E-state index in [2.05, 4.69) is 37.9 Å². The van der Waals surface area contributed by atoms with E-state index in [0.717, 1.165) is 17.8 Å². The van der Waals surface area contributed by atoms with Crippen molar-refractivity contribution in [2.45, 2.75) is 60.0 Å². The van der Waals surface area contributed by atoms with Gasteiger partial charge >= 0.3 is 0 Å². The summed E-state index contributed by atoms with van der Waals surface area (Å²) >= 11 is 0. The zero-order valence-electron chi connectivity index (χ0n) is 15.0. The number of rotatable bonds is 7. The minimum atomic E-state index is -0.571. The van der Waals surface area contributed by atoms with Gasteiger partial charge in [-0.05, 0) is 39.0 Å². The molecule has 2 nitrogen and oxygen atoms in total. The number of dihydropyridines is 1. The number of hydrogen-bond donors (Lipinski definition) is 1. The Kier molecular flexibility index (Phi) is 7.29. The monoisotopic (exact) mass is 306 g/mol. The van der Waals surface area contributed by atoms with Gasteiger partial charge in [0.25, 0.3) is 0 Å². The van der Waals surface area contributed by atoms with Gasteiger partial charge < -0.3 is 0 Å². The molecule has 22 heavy (non-hydrogen) atoms. The van der Waals surface area contributed by atoms with Crippen molar-refractivity contribution in [2.75, 3.05) is 13.2 Å². The van der Waals surface area contributed by atoms with E-state index in [1.807, 2.05) is 19.9 Å². The summed E-state index contributed by atoms with van der Waals surface area (Å²) in [6.07, 6.45) is 4.30. The maximum Gasteiger partial charge on any atom is 0.117 e. The van der Waals surface area contributed by atoms with Crippen LogP contribution >= 0.6 is 0 Å². The quantitative estimate of drug-likeness (QED) is 0.694. The molecule has 1 heterocycles. The van der Waals surface area contributed by atoms with Crippen LogP contribution in [0.4, 0.5) is 4.39 Å².